The van der Waals surface area contributed by atoms with Crippen molar-refractivity contribution in [2.24, 2.45) is 5.41 Å². The predicted molar refractivity (Wildman–Crippen MR) is 70.7 cm³/mol. The van der Waals surface area contributed by atoms with Gasteiger partial charge < -0.3 is 5.11 Å². The fraction of sp³-hybridized carbons (Fsp3) is 0.600. The van der Waals surface area contributed by atoms with Gasteiger partial charge in [0, 0.05) is 0 Å². The average molecular weight is 292 g/mol. The summed E-state index contributed by atoms with van der Waals surface area (Å²) >= 11 is 0.836. The molecule has 1 aromatic heterocycles. The third kappa shape index (κ3) is 3.95. The van der Waals surface area contributed by atoms with Crippen LogP contribution in [0.15, 0.2) is 0 Å². The van der Waals surface area contributed by atoms with Gasteiger partial charge in [0.15, 0.2) is 0 Å². The van der Waals surface area contributed by atoms with Crippen LogP contribution in [0.1, 0.15) is 36.8 Å². The van der Waals surface area contributed by atoms with Crippen LogP contribution in [0.4, 0.5) is 5.00 Å². The molecule has 0 spiro atoms. The lowest BCUT2D eigenvalue weighted by Crippen LogP contribution is -2.26. The Labute approximate surface area is 110 Å². The van der Waals surface area contributed by atoms with Crippen molar-refractivity contribution in [3.05, 3.63) is 11.3 Å². The molecule has 6 nitrogen and oxygen atoms in total. The van der Waals surface area contributed by atoms with Gasteiger partial charge in [0.2, 0.25) is 10.0 Å². The molecular weight excluding hydrogens is 276 g/mol. The molecule has 1 heterocycles. The minimum atomic E-state index is -3.58. The molecule has 0 unspecified atom stereocenters. The Bertz CT molecular complexity index is 555. The zero-order valence-corrected chi connectivity index (χ0v) is 12.3. The highest BCUT2D eigenvalue weighted by molar-refractivity contribution is 7.92. The molecule has 102 valence electrons. The molecule has 0 aromatic carbocycles. The molecule has 0 amide bonds. The van der Waals surface area contributed by atoms with E-state index in [4.69, 9.17) is 5.11 Å². The number of hydrogen-bond donors (Lipinski definition) is 2. The monoisotopic (exact) mass is 292 g/mol. The summed E-state index contributed by atoms with van der Waals surface area (Å²) < 4.78 is 29.9. The summed E-state index contributed by atoms with van der Waals surface area (Å²) in [6, 6.07) is 0. The molecule has 0 aliphatic rings. The molecule has 2 N–H and O–H groups in total. The number of hydrogen-bond acceptors (Lipinski definition) is 5. The molecule has 8 heteroatoms. The highest BCUT2D eigenvalue weighted by Gasteiger charge is 2.25. The molecule has 0 bridgehead atoms. The summed E-state index contributed by atoms with van der Waals surface area (Å²) in [6.45, 7) is 6.91. The molecule has 0 saturated heterocycles. The first-order valence-corrected chi connectivity index (χ1v) is 7.64. The van der Waals surface area contributed by atoms with Gasteiger partial charge in [-0.3, -0.25) is 4.72 Å². The Kier molecular flexibility index (Phi) is 4.02. The predicted octanol–water partition coefficient (Wildman–Crippen LogP) is 1.94. The highest BCUT2D eigenvalue weighted by Crippen LogP contribution is 2.27. The van der Waals surface area contributed by atoms with E-state index >= 15 is 0 Å². The SMILES string of the molecule is Cc1nsc(NS(=O)(=O)CC(C)(C)C)c1C(=O)O. The lowest BCUT2D eigenvalue weighted by molar-refractivity contribution is 0.0697. The number of aromatic nitrogens is 1. The normalized spacial score (nSPS) is 12.4. The summed E-state index contributed by atoms with van der Waals surface area (Å²) in [4.78, 5) is 11.0. The number of anilines is 1. The summed E-state index contributed by atoms with van der Waals surface area (Å²) in [5, 5.41) is 9.06. The van der Waals surface area contributed by atoms with Gasteiger partial charge in [-0.1, -0.05) is 20.8 Å². The van der Waals surface area contributed by atoms with Crippen molar-refractivity contribution in [2.45, 2.75) is 27.7 Å². The maximum Gasteiger partial charge on any atom is 0.340 e. The number of nitrogens with one attached hydrogen (secondary N) is 1. The van der Waals surface area contributed by atoms with Gasteiger partial charge in [0.1, 0.15) is 10.6 Å². The minimum Gasteiger partial charge on any atom is -0.478 e. The Morgan fingerprint density at radius 1 is 1.44 bits per heavy atom. The van der Waals surface area contributed by atoms with E-state index in [2.05, 4.69) is 9.10 Å². The maximum atomic E-state index is 11.9. The highest BCUT2D eigenvalue weighted by atomic mass is 32.2. The van der Waals surface area contributed by atoms with Gasteiger partial charge in [-0.05, 0) is 23.9 Å². The molecule has 0 radical (unpaired) electrons. The third-order valence-corrected chi connectivity index (χ3v) is 4.69. The van der Waals surface area contributed by atoms with Gasteiger partial charge in [0.25, 0.3) is 0 Å². The van der Waals surface area contributed by atoms with Crippen LogP contribution >= 0.6 is 11.5 Å². The number of sulfonamides is 1. The second-order valence-corrected chi connectivity index (χ2v) is 7.69. The van der Waals surface area contributed by atoms with Crippen molar-refractivity contribution in [2.75, 3.05) is 10.5 Å². The second-order valence-electron chi connectivity index (χ2n) is 5.20. The van der Waals surface area contributed by atoms with E-state index in [-0.39, 0.29) is 16.3 Å². The fourth-order valence-corrected chi connectivity index (χ4v) is 4.21. The lowest BCUT2D eigenvalue weighted by atomic mass is 10.0. The molecule has 1 rings (SSSR count). The largest absolute Gasteiger partial charge is 0.478 e. The molecule has 0 atom stereocenters. The molecular formula is C10H16N2O4S2. The molecule has 1 aromatic rings. The van der Waals surface area contributed by atoms with Crippen molar-refractivity contribution >= 4 is 32.5 Å². The van der Waals surface area contributed by atoms with Crippen LogP contribution in [0.5, 0.6) is 0 Å². The van der Waals surface area contributed by atoms with E-state index in [1.54, 1.807) is 20.8 Å². The van der Waals surface area contributed by atoms with Gasteiger partial charge in [-0.25, -0.2) is 13.2 Å². The molecule has 18 heavy (non-hydrogen) atoms. The van der Waals surface area contributed by atoms with E-state index in [0.29, 0.717) is 5.69 Å². The Morgan fingerprint density at radius 3 is 2.44 bits per heavy atom. The zero-order chi connectivity index (χ0) is 14.1. The van der Waals surface area contributed by atoms with Gasteiger partial charge in [-0.15, -0.1) is 0 Å². The minimum absolute atomic E-state index is 0.0595. The van der Waals surface area contributed by atoms with E-state index in [1.165, 1.54) is 6.92 Å². The van der Waals surface area contributed by atoms with Crippen LogP contribution in [0.2, 0.25) is 0 Å². The van der Waals surface area contributed by atoms with E-state index in [9.17, 15) is 13.2 Å². The topological polar surface area (TPSA) is 96.4 Å². The van der Waals surface area contributed by atoms with Crippen molar-refractivity contribution < 1.29 is 18.3 Å². The Hall–Kier alpha value is -1.15. The van der Waals surface area contributed by atoms with Crippen LogP contribution in [0, 0.1) is 12.3 Å². The van der Waals surface area contributed by atoms with Gasteiger partial charge >= 0.3 is 5.97 Å². The summed E-state index contributed by atoms with van der Waals surface area (Å²) in [5.41, 5.74) is -0.187. The smallest absolute Gasteiger partial charge is 0.340 e. The number of carboxylic acid groups (broad SMARTS) is 1. The molecule has 0 aliphatic heterocycles. The molecule has 0 aliphatic carbocycles. The first-order chi connectivity index (χ1) is 8.02. The zero-order valence-electron chi connectivity index (χ0n) is 10.6. The summed E-state index contributed by atoms with van der Waals surface area (Å²) in [6.07, 6.45) is 0. The van der Waals surface area contributed by atoms with Crippen molar-refractivity contribution in [1.82, 2.24) is 4.37 Å². The second kappa shape index (κ2) is 4.85. The van der Waals surface area contributed by atoms with Crippen molar-refractivity contribution in [3.8, 4) is 0 Å². The molecule has 0 saturated carbocycles. The van der Waals surface area contributed by atoms with Gasteiger partial charge in [-0.2, -0.15) is 4.37 Å². The quantitative estimate of drug-likeness (QED) is 0.884. The van der Waals surface area contributed by atoms with Crippen LogP contribution in [-0.4, -0.2) is 29.6 Å². The standard InChI is InChI=1S/C10H16N2O4S2/c1-6-7(9(13)14)8(17-11-6)12-18(15,16)5-10(2,3)4/h12H,5H2,1-4H3,(H,13,14). The van der Waals surface area contributed by atoms with Crippen molar-refractivity contribution in [1.29, 1.82) is 0 Å². The van der Waals surface area contributed by atoms with Crippen LogP contribution in [0.25, 0.3) is 0 Å². The van der Waals surface area contributed by atoms with Gasteiger partial charge in [0.05, 0.1) is 11.4 Å². The number of nitrogens with zero attached hydrogens (tertiary/aromatic N) is 1. The van der Waals surface area contributed by atoms with Crippen LogP contribution in [0.3, 0.4) is 0 Å². The first-order valence-electron chi connectivity index (χ1n) is 5.22. The number of rotatable bonds is 4. The van der Waals surface area contributed by atoms with Crippen LogP contribution in [-0.2, 0) is 10.0 Å². The third-order valence-electron chi connectivity index (χ3n) is 1.95. The van der Waals surface area contributed by atoms with Crippen LogP contribution < -0.4 is 4.72 Å². The lowest BCUT2D eigenvalue weighted by Gasteiger charge is -2.18. The Morgan fingerprint density at radius 2 is 2.00 bits per heavy atom. The van der Waals surface area contributed by atoms with E-state index < -0.39 is 21.4 Å². The Balaban J connectivity index is 3.02. The summed E-state index contributed by atoms with van der Waals surface area (Å²) in [7, 11) is -3.58. The molecule has 0 fully saturated rings. The van der Waals surface area contributed by atoms with E-state index in [0.717, 1.165) is 11.5 Å². The van der Waals surface area contributed by atoms with E-state index in [1.807, 2.05) is 0 Å². The number of carboxylic acids is 1. The van der Waals surface area contributed by atoms with Crippen molar-refractivity contribution in [3.63, 3.8) is 0 Å². The fourth-order valence-electron chi connectivity index (χ4n) is 1.44. The summed E-state index contributed by atoms with van der Waals surface area (Å²) in [5.74, 6) is -1.27. The number of aromatic carboxylic acids is 1. The first kappa shape index (κ1) is 14.9. The maximum absolute atomic E-state index is 11.9. The number of aryl methyl sites for hydroxylation is 1. The average Bonchev–Trinajstić information content (AvgIpc) is 2.40. The number of carbonyl (C=O) groups is 1.